The number of amides is 1. The summed E-state index contributed by atoms with van der Waals surface area (Å²) >= 11 is 0. The van der Waals surface area contributed by atoms with E-state index in [4.69, 9.17) is 4.74 Å². The molecule has 0 saturated carbocycles. The highest BCUT2D eigenvalue weighted by atomic mass is 16.5. The van der Waals surface area contributed by atoms with Gasteiger partial charge in [0.1, 0.15) is 0 Å². The molecule has 25 heavy (non-hydrogen) atoms. The summed E-state index contributed by atoms with van der Waals surface area (Å²) < 4.78 is 5.89. The van der Waals surface area contributed by atoms with Gasteiger partial charge in [-0.3, -0.25) is 4.79 Å². The summed E-state index contributed by atoms with van der Waals surface area (Å²) in [6.07, 6.45) is 5.53. The van der Waals surface area contributed by atoms with Crippen LogP contribution in [0.4, 0.5) is 0 Å². The van der Waals surface area contributed by atoms with Crippen LogP contribution in [0.3, 0.4) is 0 Å². The third-order valence-corrected chi connectivity index (χ3v) is 6.64. The highest BCUT2D eigenvalue weighted by Gasteiger charge is 2.30. The molecule has 0 aliphatic carbocycles. The van der Waals surface area contributed by atoms with E-state index in [0.29, 0.717) is 6.61 Å². The summed E-state index contributed by atoms with van der Waals surface area (Å²) in [5, 5.41) is 0. The Bertz CT molecular complexity index is 427. The van der Waals surface area contributed by atoms with Crippen LogP contribution in [0.1, 0.15) is 46.5 Å². The first-order valence-electron chi connectivity index (χ1n) is 10.4. The standard InChI is InChI=1S/C20H37N3O2/c1-16(2)18-4-10-22(11-5-18)19-6-8-21(9-7-19)14-20-15-23(17(3)24)12-13-25-20/h16,18-20H,4-15H2,1-3H3. The quantitative estimate of drug-likeness (QED) is 0.777. The fourth-order valence-corrected chi connectivity index (χ4v) is 4.82. The van der Waals surface area contributed by atoms with Crippen molar-refractivity contribution in [3.63, 3.8) is 0 Å². The van der Waals surface area contributed by atoms with Gasteiger partial charge in [-0.25, -0.2) is 0 Å². The molecule has 3 fully saturated rings. The Morgan fingerprint density at radius 1 is 1.04 bits per heavy atom. The number of carbonyl (C=O) groups is 1. The molecule has 0 bridgehead atoms. The van der Waals surface area contributed by atoms with Gasteiger partial charge < -0.3 is 19.4 Å². The topological polar surface area (TPSA) is 36.0 Å². The number of morpholine rings is 1. The van der Waals surface area contributed by atoms with Gasteiger partial charge in [-0.15, -0.1) is 0 Å². The summed E-state index contributed by atoms with van der Waals surface area (Å²) in [5.74, 6) is 1.95. The molecule has 3 saturated heterocycles. The molecule has 0 aromatic heterocycles. The van der Waals surface area contributed by atoms with E-state index in [9.17, 15) is 4.79 Å². The normalized spacial score (nSPS) is 28.6. The minimum Gasteiger partial charge on any atom is -0.373 e. The zero-order chi connectivity index (χ0) is 17.8. The van der Waals surface area contributed by atoms with Crippen LogP contribution in [0.25, 0.3) is 0 Å². The highest BCUT2D eigenvalue weighted by molar-refractivity contribution is 5.73. The van der Waals surface area contributed by atoms with Crippen molar-refractivity contribution in [1.82, 2.24) is 14.7 Å². The molecule has 0 radical (unpaired) electrons. The van der Waals surface area contributed by atoms with Crippen molar-refractivity contribution in [1.29, 1.82) is 0 Å². The maximum Gasteiger partial charge on any atom is 0.219 e. The Balaban J connectivity index is 1.38. The number of piperidine rings is 2. The second kappa shape index (κ2) is 8.83. The average Bonchev–Trinajstić information content (AvgIpc) is 2.63. The summed E-state index contributed by atoms with van der Waals surface area (Å²) in [6, 6.07) is 0.783. The second-order valence-electron chi connectivity index (χ2n) is 8.61. The Morgan fingerprint density at radius 2 is 1.72 bits per heavy atom. The lowest BCUT2D eigenvalue weighted by Gasteiger charge is -2.43. The zero-order valence-corrected chi connectivity index (χ0v) is 16.5. The maximum absolute atomic E-state index is 11.6. The van der Waals surface area contributed by atoms with Gasteiger partial charge >= 0.3 is 0 Å². The molecular formula is C20H37N3O2. The predicted octanol–water partition coefficient (Wildman–Crippen LogP) is 2.07. The van der Waals surface area contributed by atoms with E-state index in [-0.39, 0.29) is 12.0 Å². The van der Waals surface area contributed by atoms with Gasteiger partial charge in [0.2, 0.25) is 5.91 Å². The minimum absolute atomic E-state index is 0.178. The molecule has 3 aliphatic rings. The molecule has 0 spiro atoms. The third-order valence-electron chi connectivity index (χ3n) is 6.64. The van der Waals surface area contributed by atoms with Crippen LogP contribution in [0, 0.1) is 11.8 Å². The van der Waals surface area contributed by atoms with E-state index in [1.165, 1.54) is 51.9 Å². The van der Waals surface area contributed by atoms with Gasteiger partial charge in [0.25, 0.3) is 0 Å². The molecule has 0 aromatic carbocycles. The van der Waals surface area contributed by atoms with Crippen molar-refractivity contribution in [3.8, 4) is 0 Å². The van der Waals surface area contributed by atoms with Crippen LogP contribution < -0.4 is 0 Å². The molecule has 5 nitrogen and oxygen atoms in total. The van der Waals surface area contributed by atoms with E-state index < -0.39 is 0 Å². The largest absolute Gasteiger partial charge is 0.373 e. The van der Waals surface area contributed by atoms with E-state index in [2.05, 4.69) is 23.6 Å². The number of hydrogen-bond donors (Lipinski definition) is 0. The van der Waals surface area contributed by atoms with Crippen LogP contribution in [0.15, 0.2) is 0 Å². The van der Waals surface area contributed by atoms with Crippen LogP contribution >= 0.6 is 0 Å². The molecule has 1 amide bonds. The lowest BCUT2D eigenvalue weighted by molar-refractivity contribution is -0.137. The average molecular weight is 352 g/mol. The molecule has 1 atom stereocenters. The minimum atomic E-state index is 0.178. The van der Waals surface area contributed by atoms with E-state index in [1.807, 2.05) is 4.90 Å². The number of likely N-dealkylation sites (tertiary alicyclic amines) is 2. The molecule has 0 aromatic rings. The van der Waals surface area contributed by atoms with Gasteiger partial charge in [-0.1, -0.05) is 13.8 Å². The fraction of sp³-hybridized carbons (Fsp3) is 0.950. The molecule has 3 aliphatic heterocycles. The zero-order valence-electron chi connectivity index (χ0n) is 16.5. The van der Waals surface area contributed by atoms with Gasteiger partial charge in [-0.2, -0.15) is 0 Å². The smallest absolute Gasteiger partial charge is 0.219 e. The van der Waals surface area contributed by atoms with Crippen molar-refractivity contribution < 1.29 is 9.53 Å². The number of hydrogen-bond acceptors (Lipinski definition) is 4. The number of carbonyl (C=O) groups excluding carboxylic acids is 1. The van der Waals surface area contributed by atoms with Gasteiger partial charge in [0, 0.05) is 32.6 Å². The van der Waals surface area contributed by atoms with Crippen molar-refractivity contribution >= 4 is 5.91 Å². The van der Waals surface area contributed by atoms with E-state index >= 15 is 0 Å². The Morgan fingerprint density at radius 3 is 2.32 bits per heavy atom. The van der Waals surface area contributed by atoms with Gasteiger partial charge in [0.05, 0.1) is 12.7 Å². The van der Waals surface area contributed by atoms with Crippen LogP contribution in [-0.4, -0.2) is 85.2 Å². The lowest BCUT2D eigenvalue weighted by atomic mass is 9.85. The first-order chi connectivity index (χ1) is 12.0. The third kappa shape index (κ3) is 5.18. The molecule has 3 rings (SSSR count). The fourth-order valence-electron chi connectivity index (χ4n) is 4.82. The van der Waals surface area contributed by atoms with Gasteiger partial charge in [-0.05, 0) is 63.7 Å². The number of rotatable bonds is 4. The first-order valence-corrected chi connectivity index (χ1v) is 10.4. The summed E-state index contributed by atoms with van der Waals surface area (Å²) in [5.41, 5.74) is 0. The van der Waals surface area contributed by atoms with Crippen molar-refractivity contribution in [3.05, 3.63) is 0 Å². The highest BCUT2D eigenvalue weighted by Crippen LogP contribution is 2.28. The van der Waals surface area contributed by atoms with E-state index in [1.54, 1.807) is 6.92 Å². The molecule has 5 heteroatoms. The number of ether oxygens (including phenoxy) is 1. The monoisotopic (exact) mass is 351 g/mol. The van der Waals surface area contributed by atoms with Crippen LogP contribution in [0.2, 0.25) is 0 Å². The molecule has 144 valence electrons. The Hall–Kier alpha value is -0.650. The predicted molar refractivity (Wildman–Crippen MR) is 101 cm³/mol. The summed E-state index contributed by atoms with van der Waals surface area (Å²) in [6.45, 7) is 14.5. The Kier molecular flexibility index (Phi) is 6.75. The van der Waals surface area contributed by atoms with Crippen LogP contribution in [-0.2, 0) is 9.53 Å². The molecule has 1 unspecified atom stereocenters. The second-order valence-corrected chi connectivity index (χ2v) is 8.61. The van der Waals surface area contributed by atoms with E-state index in [0.717, 1.165) is 37.5 Å². The van der Waals surface area contributed by atoms with Gasteiger partial charge in [0.15, 0.2) is 0 Å². The summed E-state index contributed by atoms with van der Waals surface area (Å²) in [7, 11) is 0. The molecule has 0 N–H and O–H groups in total. The van der Waals surface area contributed by atoms with Crippen LogP contribution in [0.5, 0.6) is 0 Å². The van der Waals surface area contributed by atoms with Crippen molar-refractivity contribution in [2.45, 2.75) is 58.6 Å². The SMILES string of the molecule is CC(=O)N1CCOC(CN2CCC(N3CCC(C(C)C)CC3)CC2)C1. The summed E-state index contributed by atoms with van der Waals surface area (Å²) in [4.78, 5) is 18.8. The molecular weight excluding hydrogens is 314 g/mol. The molecule has 3 heterocycles. The lowest BCUT2D eigenvalue weighted by Crippen LogP contribution is -2.52. The Labute approximate surface area is 153 Å². The number of nitrogens with zero attached hydrogens (tertiary/aromatic N) is 3. The first kappa shape index (κ1) is 19.1. The maximum atomic E-state index is 11.6. The van der Waals surface area contributed by atoms with Crippen molar-refractivity contribution in [2.75, 3.05) is 52.4 Å². The van der Waals surface area contributed by atoms with Crippen molar-refractivity contribution in [2.24, 2.45) is 11.8 Å².